The minimum atomic E-state index is -0.591. The normalized spacial score (nSPS) is 12.8. The maximum absolute atomic E-state index is 10.4. The minimum absolute atomic E-state index is 0.591. The Balaban J connectivity index is 2.21. The van der Waals surface area contributed by atoms with E-state index in [1.165, 1.54) is 0 Å². The summed E-state index contributed by atoms with van der Waals surface area (Å²) in [4.78, 5) is 0.947. The van der Waals surface area contributed by atoms with Crippen LogP contribution in [-0.4, -0.2) is 5.11 Å². The first-order valence-electron chi connectivity index (χ1n) is 5.66. The highest BCUT2D eigenvalue weighted by Gasteiger charge is 2.15. The van der Waals surface area contributed by atoms with E-state index in [1.54, 1.807) is 11.3 Å². The predicted octanol–water partition coefficient (Wildman–Crippen LogP) is 4.64. The van der Waals surface area contributed by atoms with Gasteiger partial charge >= 0.3 is 0 Å². The van der Waals surface area contributed by atoms with E-state index < -0.39 is 6.10 Å². The largest absolute Gasteiger partial charge is 0.383 e. The van der Waals surface area contributed by atoms with E-state index in [0.717, 1.165) is 21.2 Å². The summed E-state index contributed by atoms with van der Waals surface area (Å²) in [5.41, 5.74) is 0.900. The fourth-order valence-electron chi connectivity index (χ4n) is 2.12. The van der Waals surface area contributed by atoms with Crippen LogP contribution in [0.25, 0.3) is 10.8 Å². The molecule has 2 aromatic carbocycles. The smallest absolute Gasteiger partial charge is 0.114 e. The third-order valence-corrected chi connectivity index (χ3v) is 4.27. The van der Waals surface area contributed by atoms with Crippen molar-refractivity contribution >= 4 is 33.7 Å². The van der Waals surface area contributed by atoms with Crippen LogP contribution >= 0.6 is 22.9 Å². The quantitative estimate of drug-likeness (QED) is 0.722. The number of benzene rings is 2. The van der Waals surface area contributed by atoms with Crippen molar-refractivity contribution in [2.45, 2.75) is 6.10 Å². The van der Waals surface area contributed by atoms with E-state index in [4.69, 9.17) is 11.6 Å². The summed E-state index contributed by atoms with van der Waals surface area (Å²) < 4.78 is 0. The molecule has 1 nitrogen and oxygen atoms in total. The van der Waals surface area contributed by atoms with Gasteiger partial charge in [-0.1, -0.05) is 48.0 Å². The number of aliphatic hydroxyl groups is 1. The van der Waals surface area contributed by atoms with Gasteiger partial charge in [0.25, 0.3) is 0 Å². The second kappa shape index (κ2) is 4.73. The third-order valence-electron chi connectivity index (χ3n) is 3.01. The average Bonchev–Trinajstić information content (AvgIpc) is 2.93. The van der Waals surface area contributed by atoms with Gasteiger partial charge in [0.1, 0.15) is 6.10 Å². The average molecular weight is 275 g/mol. The number of halogens is 1. The van der Waals surface area contributed by atoms with Crippen LogP contribution in [0.5, 0.6) is 0 Å². The fraction of sp³-hybridized carbons (Fsp3) is 0.0667. The van der Waals surface area contributed by atoms with Crippen LogP contribution in [0.15, 0.2) is 53.9 Å². The van der Waals surface area contributed by atoms with Gasteiger partial charge in [-0.05, 0) is 28.5 Å². The van der Waals surface area contributed by atoms with Crippen LogP contribution < -0.4 is 0 Å². The molecule has 90 valence electrons. The molecule has 3 rings (SSSR count). The van der Waals surface area contributed by atoms with Crippen molar-refractivity contribution in [1.82, 2.24) is 0 Å². The summed E-state index contributed by atoms with van der Waals surface area (Å²) in [7, 11) is 0. The third kappa shape index (κ3) is 1.93. The minimum Gasteiger partial charge on any atom is -0.383 e. The molecule has 0 amide bonds. The highest BCUT2D eigenvalue weighted by molar-refractivity contribution is 7.10. The Morgan fingerprint density at radius 1 is 0.944 bits per heavy atom. The van der Waals surface area contributed by atoms with E-state index in [0.29, 0.717) is 5.02 Å². The molecule has 0 bridgehead atoms. The van der Waals surface area contributed by atoms with Crippen molar-refractivity contribution in [3.05, 3.63) is 69.4 Å². The van der Waals surface area contributed by atoms with Gasteiger partial charge < -0.3 is 5.11 Å². The molecule has 0 spiro atoms. The van der Waals surface area contributed by atoms with E-state index in [1.807, 2.05) is 53.9 Å². The molecular formula is C15H11ClOS. The zero-order chi connectivity index (χ0) is 12.5. The van der Waals surface area contributed by atoms with Crippen LogP contribution in [0.3, 0.4) is 0 Å². The molecule has 1 aromatic heterocycles. The second-order valence-corrected chi connectivity index (χ2v) is 5.49. The molecule has 0 aliphatic carbocycles. The lowest BCUT2D eigenvalue weighted by Gasteiger charge is -2.13. The fourth-order valence-corrected chi connectivity index (χ4v) is 3.08. The van der Waals surface area contributed by atoms with Gasteiger partial charge in [-0.2, -0.15) is 0 Å². The van der Waals surface area contributed by atoms with Gasteiger partial charge in [0.15, 0.2) is 0 Å². The Hall–Kier alpha value is -1.35. The first kappa shape index (κ1) is 11.7. The molecule has 1 N–H and O–H groups in total. The number of hydrogen-bond donors (Lipinski definition) is 1. The summed E-state index contributed by atoms with van der Waals surface area (Å²) in [5.74, 6) is 0. The van der Waals surface area contributed by atoms with Crippen LogP contribution in [0, 0.1) is 0 Å². The molecule has 0 saturated carbocycles. The Morgan fingerprint density at radius 2 is 1.72 bits per heavy atom. The van der Waals surface area contributed by atoms with Gasteiger partial charge in [0, 0.05) is 15.3 Å². The van der Waals surface area contributed by atoms with Gasteiger partial charge in [-0.3, -0.25) is 0 Å². The lowest BCUT2D eigenvalue weighted by molar-refractivity contribution is 0.226. The summed E-state index contributed by atoms with van der Waals surface area (Å²) in [6, 6.07) is 15.5. The van der Waals surface area contributed by atoms with Crippen molar-refractivity contribution in [3.8, 4) is 0 Å². The van der Waals surface area contributed by atoms with Crippen molar-refractivity contribution in [2.75, 3.05) is 0 Å². The molecule has 0 fully saturated rings. The van der Waals surface area contributed by atoms with Crippen LogP contribution in [0.2, 0.25) is 5.02 Å². The molecule has 18 heavy (non-hydrogen) atoms. The molecule has 0 radical (unpaired) electrons. The van der Waals surface area contributed by atoms with Gasteiger partial charge in [-0.15, -0.1) is 11.3 Å². The monoisotopic (exact) mass is 274 g/mol. The standard InChI is InChI=1S/C15H11ClOS/c16-13-8-7-12(10-4-1-2-5-11(10)13)15(17)14-6-3-9-18-14/h1-9,15,17H. The highest BCUT2D eigenvalue weighted by atomic mass is 35.5. The number of rotatable bonds is 2. The highest BCUT2D eigenvalue weighted by Crippen LogP contribution is 2.34. The molecule has 1 heterocycles. The number of fused-ring (bicyclic) bond motifs is 1. The lowest BCUT2D eigenvalue weighted by atomic mass is 9.99. The summed E-state index contributed by atoms with van der Waals surface area (Å²) in [5, 5.41) is 15.1. The Bertz CT molecular complexity index is 676. The van der Waals surface area contributed by atoms with Gasteiger partial charge in [0.05, 0.1) is 0 Å². The summed E-state index contributed by atoms with van der Waals surface area (Å²) >= 11 is 7.74. The predicted molar refractivity (Wildman–Crippen MR) is 77.3 cm³/mol. The first-order valence-corrected chi connectivity index (χ1v) is 6.92. The van der Waals surface area contributed by atoms with Crippen LogP contribution in [-0.2, 0) is 0 Å². The van der Waals surface area contributed by atoms with E-state index >= 15 is 0 Å². The van der Waals surface area contributed by atoms with E-state index in [-0.39, 0.29) is 0 Å². The van der Waals surface area contributed by atoms with Gasteiger partial charge in [-0.25, -0.2) is 0 Å². The second-order valence-electron chi connectivity index (χ2n) is 4.10. The maximum atomic E-state index is 10.4. The molecule has 1 unspecified atom stereocenters. The lowest BCUT2D eigenvalue weighted by Crippen LogP contribution is -1.98. The number of aliphatic hydroxyl groups excluding tert-OH is 1. The van der Waals surface area contributed by atoms with Crippen molar-refractivity contribution in [3.63, 3.8) is 0 Å². The van der Waals surface area contributed by atoms with Crippen LogP contribution in [0.1, 0.15) is 16.5 Å². The van der Waals surface area contributed by atoms with E-state index in [2.05, 4.69) is 0 Å². The Labute approximate surface area is 114 Å². The maximum Gasteiger partial charge on any atom is 0.114 e. The zero-order valence-electron chi connectivity index (χ0n) is 9.51. The molecule has 0 aliphatic rings. The van der Waals surface area contributed by atoms with Crippen molar-refractivity contribution in [2.24, 2.45) is 0 Å². The molecule has 3 aromatic rings. The molecule has 0 aliphatic heterocycles. The van der Waals surface area contributed by atoms with Crippen LogP contribution in [0.4, 0.5) is 0 Å². The topological polar surface area (TPSA) is 20.2 Å². The first-order chi connectivity index (χ1) is 8.77. The molecular weight excluding hydrogens is 264 g/mol. The van der Waals surface area contributed by atoms with E-state index in [9.17, 15) is 5.11 Å². The number of thiophene rings is 1. The summed E-state index contributed by atoms with van der Waals surface area (Å²) in [6.45, 7) is 0. The molecule has 1 atom stereocenters. The molecule has 0 saturated heterocycles. The molecule has 3 heteroatoms. The SMILES string of the molecule is OC(c1cccs1)c1ccc(Cl)c2ccccc12. The Kier molecular flexibility index (Phi) is 3.08. The zero-order valence-corrected chi connectivity index (χ0v) is 11.1. The van der Waals surface area contributed by atoms with Gasteiger partial charge in [0.2, 0.25) is 0 Å². The van der Waals surface area contributed by atoms with Crippen molar-refractivity contribution in [1.29, 1.82) is 0 Å². The summed E-state index contributed by atoms with van der Waals surface area (Å²) in [6.07, 6.45) is -0.591. The van der Waals surface area contributed by atoms with Crippen molar-refractivity contribution < 1.29 is 5.11 Å². The Morgan fingerprint density at radius 3 is 2.44 bits per heavy atom. The number of hydrogen-bond acceptors (Lipinski definition) is 2.